The second-order valence-electron chi connectivity index (χ2n) is 6.53. The number of carbonyl (C=O) groups is 1. The molecule has 1 atom stereocenters. The molecule has 1 aromatic rings. The monoisotopic (exact) mass is 308 g/mol. The number of benzene rings is 1. The molecule has 0 aliphatic carbocycles. The maximum atomic E-state index is 14.2. The SMILES string of the molecule is COC(=O)CC(B1OC(C)(C)C(C)(C)O1)c1ccccc1F. The predicted octanol–water partition coefficient (Wildman–Crippen LogP) is 3.10. The zero-order chi connectivity index (χ0) is 16.5. The van der Waals surface area contributed by atoms with Crippen LogP contribution in [0, 0.1) is 5.82 Å². The first-order chi connectivity index (χ1) is 10.2. The number of halogens is 1. The number of carbonyl (C=O) groups excluding carboxylic acids is 1. The van der Waals surface area contributed by atoms with E-state index in [9.17, 15) is 9.18 Å². The van der Waals surface area contributed by atoms with E-state index in [-0.39, 0.29) is 12.2 Å². The highest BCUT2D eigenvalue weighted by Crippen LogP contribution is 2.42. The molecule has 0 aromatic heterocycles. The third kappa shape index (κ3) is 3.18. The van der Waals surface area contributed by atoms with E-state index >= 15 is 0 Å². The number of esters is 1. The Kier molecular flexibility index (Phi) is 4.63. The van der Waals surface area contributed by atoms with Crippen molar-refractivity contribution in [1.82, 2.24) is 0 Å². The van der Waals surface area contributed by atoms with E-state index in [1.165, 1.54) is 13.2 Å². The van der Waals surface area contributed by atoms with Crippen LogP contribution in [-0.2, 0) is 18.8 Å². The van der Waals surface area contributed by atoms with E-state index in [2.05, 4.69) is 0 Å². The zero-order valence-electron chi connectivity index (χ0n) is 13.7. The molecule has 1 aliphatic rings. The fourth-order valence-corrected chi connectivity index (χ4v) is 2.44. The summed E-state index contributed by atoms with van der Waals surface area (Å²) >= 11 is 0. The topological polar surface area (TPSA) is 44.8 Å². The van der Waals surface area contributed by atoms with E-state index in [1.807, 2.05) is 27.7 Å². The first kappa shape index (κ1) is 17.0. The summed E-state index contributed by atoms with van der Waals surface area (Å²) in [7, 11) is 0.603. The van der Waals surface area contributed by atoms with Gasteiger partial charge >= 0.3 is 13.1 Å². The summed E-state index contributed by atoms with van der Waals surface area (Å²) in [5, 5.41) is 0. The lowest BCUT2D eigenvalue weighted by molar-refractivity contribution is -0.140. The number of rotatable bonds is 4. The lowest BCUT2D eigenvalue weighted by atomic mass is 9.66. The van der Waals surface area contributed by atoms with Gasteiger partial charge in [0, 0.05) is 5.82 Å². The highest BCUT2D eigenvalue weighted by Gasteiger charge is 2.54. The van der Waals surface area contributed by atoms with Crippen molar-refractivity contribution >= 4 is 13.1 Å². The maximum absolute atomic E-state index is 14.2. The van der Waals surface area contributed by atoms with Gasteiger partial charge in [-0.1, -0.05) is 18.2 Å². The first-order valence-electron chi connectivity index (χ1n) is 7.35. The van der Waals surface area contributed by atoms with E-state index in [1.54, 1.807) is 18.2 Å². The minimum atomic E-state index is -0.707. The number of hydrogen-bond donors (Lipinski definition) is 0. The minimum Gasteiger partial charge on any atom is -0.469 e. The van der Waals surface area contributed by atoms with Crippen molar-refractivity contribution in [3.63, 3.8) is 0 Å². The Labute approximate surface area is 131 Å². The fourth-order valence-electron chi connectivity index (χ4n) is 2.44. The van der Waals surface area contributed by atoms with Crippen LogP contribution in [0.2, 0.25) is 0 Å². The molecule has 1 aliphatic heterocycles. The molecule has 0 amide bonds. The summed E-state index contributed by atoms with van der Waals surface area (Å²) in [5.41, 5.74) is -0.694. The van der Waals surface area contributed by atoms with Gasteiger partial charge in [-0.05, 0) is 39.3 Å². The van der Waals surface area contributed by atoms with Crippen LogP contribution in [0.1, 0.15) is 45.5 Å². The highest BCUT2D eigenvalue weighted by molar-refractivity contribution is 6.48. The minimum absolute atomic E-state index is 0.00569. The van der Waals surface area contributed by atoms with Gasteiger partial charge in [-0.25, -0.2) is 4.39 Å². The molecule has 4 nitrogen and oxygen atoms in total. The van der Waals surface area contributed by atoms with Crippen molar-refractivity contribution in [2.24, 2.45) is 0 Å². The predicted molar refractivity (Wildman–Crippen MR) is 81.9 cm³/mol. The first-order valence-corrected chi connectivity index (χ1v) is 7.35. The highest BCUT2D eigenvalue weighted by atomic mass is 19.1. The van der Waals surface area contributed by atoms with E-state index in [0.717, 1.165) is 0 Å². The van der Waals surface area contributed by atoms with Crippen LogP contribution in [0.25, 0.3) is 0 Å². The fraction of sp³-hybridized carbons (Fsp3) is 0.562. The Morgan fingerprint density at radius 3 is 2.27 bits per heavy atom. The summed E-state index contributed by atoms with van der Waals surface area (Å²) in [6.45, 7) is 7.68. The average Bonchev–Trinajstić information content (AvgIpc) is 2.65. The molecule has 120 valence electrons. The summed E-state index contributed by atoms with van der Waals surface area (Å²) in [6, 6.07) is 6.35. The molecule has 0 saturated carbocycles. The number of ether oxygens (including phenoxy) is 1. The van der Waals surface area contributed by atoms with Crippen molar-refractivity contribution in [2.75, 3.05) is 7.11 Å². The third-order valence-electron chi connectivity index (χ3n) is 4.52. The van der Waals surface area contributed by atoms with Crippen LogP contribution >= 0.6 is 0 Å². The van der Waals surface area contributed by atoms with Crippen molar-refractivity contribution in [2.45, 2.75) is 51.1 Å². The maximum Gasteiger partial charge on any atom is 0.466 e. The van der Waals surface area contributed by atoms with E-state index in [0.29, 0.717) is 5.56 Å². The molecule has 22 heavy (non-hydrogen) atoms. The molecule has 1 fully saturated rings. The quantitative estimate of drug-likeness (QED) is 0.633. The molecule has 1 heterocycles. The van der Waals surface area contributed by atoms with Crippen LogP contribution in [-0.4, -0.2) is 31.4 Å². The van der Waals surface area contributed by atoms with Crippen molar-refractivity contribution < 1.29 is 23.2 Å². The largest absolute Gasteiger partial charge is 0.469 e. The van der Waals surface area contributed by atoms with Gasteiger partial charge in [-0.3, -0.25) is 4.79 Å². The zero-order valence-corrected chi connectivity index (χ0v) is 13.7. The lowest BCUT2D eigenvalue weighted by Crippen LogP contribution is -2.41. The van der Waals surface area contributed by atoms with E-state index < -0.39 is 30.1 Å². The second-order valence-corrected chi connectivity index (χ2v) is 6.53. The van der Waals surface area contributed by atoms with Crippen LogP contribution in [0.3, 0.4) is 0 Å². The van der Waals surface area contributed by atoms with Crippen molar-refractivity contribution in [3.05, 3.63) is 35.6 Å². The van der Waals surface area contributed by atoms with Gasteiger partial charge in [-0.2, -0.15) is 0 Å². The van der Waals surface area contributed by atoms with Gasteiger partial charge < -0.3 is 14.0 Å². The van der Waals surface area contributed by atoms with Crippen LogP contribution in [0.15, 0.2) is 24.3 Å². The normalized spacial score (nSPS) is 20.7. The van der Waals surface area contributed by atoms with Crippen LogP contribution in [0.4, 0.5) is 4.39 Å². The Balaban J connectivity index is 2.35. The standard InChI is InChI=1S/C16H22BFO4/c1-15(2)16(3,4)22-17(21-15)12(10-14(19)20-5)11-8-6-7-9-13(11)18/h6-9,12H,10H2,1-5H3. The Morgan fingerprint density at radius 2 is 1.77 bits per heavy atom. The second kappa shape index (κ2) is 6.01. The number of methoxy groups -OCH3 is 1. The Morgan fingerprint density at radius 1 is 1.23 bits per heavy atom. The molecule has 1 unspecified atom stereocenters. The molecule has 0 radical (unpaired) electrons. The van der Waals surface area contributed by atoms with Gasteiger partial charge in [-0.15, -0.1) is 0 Å². The molecule has 0 spiro atoms. The van der Waals surface area contributed by atoms with Gasteiger partial charge in [0.15, 0.2) is 0 Å². The molecular formula is C16H22BFO4. The lowest BCUT2D eigenvalue weighted by Gasteiger charge is -2.32. The molecular weight excluding hydrogens is 286 g/mol. The smallest absolute Gasteiger partial charge is 0.466 e. The van der Waals surface area contributed by atoms with Crippen molar-refractivity contribution in [1.29, 1.82) is 0 Å². The van der Waals surface area contributed by atoms with Gasteiger partial charge in [0.25, 0.3) is 0 Å². The van der Waals surface area contributed by atoms with Crippen molar-refractivity contribution in [3.8, 4) is 0 Å². The van der Waals surface area contributed by atoms with E-state index in [4.69, 9.17) is 14.0 Å². The molecule has 2 rings (SSSR count). The molecule has 1 saturated heterocycles. The molecule has 0 bridgehead atoms. The van der Waals surface area contributed by atoms with Gasteiger partial charge in [0.2, 0.25) is 0 Å². The van der Waals surface area contributed by atoms with Crippen LogP contribution < -0.4 is 0 Å². The number of hydrogen-bond acceptors (Lipinski definition) is 4. The molecule has 1 aromatic carbocycles. The average molecular weight is 308 g/mol. The van der Waals surface area contributed by atoms with Crippen LogP contribution in [0.5, 0.6) is 0 Å². The van der Waals surface area contributed by atoms with Gasteiger partial charge in [0.1, 0.15) is 5.82 Å². The summed E-state index contributed by atoms with van der Waals surface area (Å²) in [4.78, 5) is 11.7. The third-order valence-corrected chi connectivity index (χ3v) is 4.52. The Hall–Kier alpha value is -1.40. The Bertz CT molecular complexity index is 543. The summed E-state index contributed by atoms with van der Waals surface area (Å²) in [6.07, 6.45) is -0.00569. The summed E-state index contributed by atoms with van der Waals surface area (Å²) < 4.78 is 30.9. The molecule has 0 N–H and O–H groups in total. The van der Waals surface area contributed by atoms with Gasteiger partial charge in [0.05, 0.1) is 24.7 Å². The molecule has 6 heteroatoms. The summed E-state index contributed by atoms with van der Waals surface area (Å²) in [5.74, 6) is -1.37.